The number of rotatable bonds is 5. The fourth-order valence-electron chi connectivity index (χ4n) is 2.19. The summed E-state index contributed by atoms with van der Waals surface area (Å²) in [6.45, 7) is 10.5. The standard InChI is InChI=1S/C15H29NO5S/c1-6-22(18,19)12-11-20-15(5)7-9-16(10-8-15)13(17)21-14(2,3)4/h6-12H2,1-5H3. The van der Waals surface area contributed by atoms with Gasteiger partial charge in [-0.3, -0.25) is 0 Å². The van der Waals surface area contributed by atoms with Gasteiger partial charge in [-0.15, -0.1) is 0 Å². The maximum Gasteiger partial charge on any atom is 0.410 e. The first-order valence-electron chi connectivity index (χ1n) is 7.79. The van der Waals surface area contributed by atoms with Crippen molar-refractivity contribution >= 4 is 15.9 Å². The summed E-state index contributed by atoms with van der Waals surface area (Å²) in [7, 11) is -3.00. The fraction of sp³-hybridized carbons (Fsp3) is 0.933. The Morgan fingerprint density at radius 2 is 1.77 bits per heavy atom. The molecule has 0 saturated carbocycles. The maximum atomic E-state index is 12.0. The summed E-state index contributed by atoms with van der Waals surface area (Å²) in [5.74, 6) is 0.189. The van der Waals surface area contributed by atoms with Crippen LogP contribution in [0.25, 0.3) is 0 Å². The average molecular weight is 335 g/mol. The molecule has 0 N–H and O–H groups in total. The van der Waals surface area contributed by atoms with Crippen LogP contribution in [0.4, 0.5) is 4.79 Å². The highest BCUT2D eigenvalue weighted by Gasteiger charge is 2.34. The molecule has 0 aliphatic carbocycles. The van der Waals surface area contributed by atoms with Gasteiger partial charge in [-0.05, 0) is 40.5 Å². The molecular weight excluding hydrogens is 306 g/mol. The van der Waals surface area contributed by atoms with Crippen LogP contribution >= 0.6 is 0 Å². The highest BCUT2D eigenvalue weighted by molar-refractivity contribution is 7.91. The Morgan fingerprint density at radius 3 is 2.23 bits per heavy atom. The number of sulfone groups is 1. The highest BCUT2D eigenvalue weighted by Crippen LogP contribution is 2.26. The third kappa shape index (κ3) is 6.52. The van der Waals surface area contributed by atoms with Crippen LogP contribution in [-0.2, 0) is 19.3 Å². The van der Waals surface area contributed by atoms with Crippen molar-refractivity contribution in [3.63, 3.8) is 0 Å². The van der Waals surface area contributed by atoms with E-state index in [0.717, 1.165) is 0 Å². The van der Waals surface area contributed by atoms with Crippen LogP contribution in [0.2, 0.25) is 0 Å². The molecule has 1 heterocycles. The number of nitrogens with zero attached hydrogens (tertiary/aromatic N) is 1. The molecule has 1 rings (SSSR count). The lowest BCUT2D eigenvalue weighted by Gasteiger charge is -2.39. The molecule has 0 radical (unpaired) electrons. The van der Waals surface area contributed by atoms with E-state index in [4.69, 9.17) is 9.47 Å². The molecule has 22 heavy (non-hydrogen) atoms. The monoisotopic (exact) mass is 335 g/mol. The Balaban J connectivity index is 2.42. The summed E-state index contributed by atoms with van der Waals surface area (Å²) in [5.41, 5.74) is -0.870. The van der Waals surface area contributed by atoms with Gasteiger partial charge in [0.25, 0.3) is 0 Å². The van der Waals surface area contributed by atoms with Crippen molar-refractivity contribution in [2.24, 2.45) is 0 Å². The number of carbonyl (C=O) groups excluding carboxylic acids is 1. The van der Waals surface area contributed by atoms with Gasteiger partial charge in [-0.25, -0.2) is 13.2 Å². The first kappa shape index (κ1) is 19.2. The van der Waals surface area contributed by atoms with Crippen molar-refractivity contribution < 1.29 is 22.7 Å². The molecule has 6 nitrogen and oxygen atoms in total. The van der Waals surface area contributed by atoms with Crippen LogP contribution in [0, 0.1) is 0 Å². The summed E-state index contributed by atoms with van der Waals surface area (Å²) in [6.07, 6.45) is 1.06. The third-order valence-electron chi connectivity index (χ3n) is 3.76. The van der Waals surface area contributed by atoms with Gasteiger partial charge < -0.3 is 14.4 Å². The van der Waals surface area contributed by atoms with E-state index < -0.39 is 15.4 Å². The first-order valence-corrected chi connectivity index (χ1v) is 9.61. The minimum absolute atomic E-state index is 0.0505. The summed E-state index contributed by atoms with van der Waals surface area (Å²) >= 11 is 0. The summed E-state index contributed by atoms with van der Waals surface area (Å²) in [6, 6.07) is 0. The quantitative estimate of drug-likeness (QED) is 0.770. The zero-order chi connectivity index (χ0) is 17.0. The van der Waals surface area contributed by atoms with Gasteiger partial charge in [0.05, 0.1) is 18.0 Å². The zero-order valence-corrected chi connectivity index (χ0v) is 15.2. The number of hydrogen-bond acceptors (Lipinski definition) is 5. The van der Waals surface area contributed by atoms with E-state index in [1.165, 1.54) is 0 Å². The molecule has 0 bridgehead atoms. The topological polar surface area (TPSA) is 72.9 Å². The molecule has 7 heteroatoms. The molecule has 1 fully saturated rings. The van der Waals surface area contributed by atoms with Crippen LogP contribution in [-0.4, -0.2) is 61.8 Å². The largest absolute Gasteiger partial charge is 0.444 e. The van der Waals surface area contributed by atoms with E-state index in [1.807, 2.05) is 27.7 Å². The van der Waals surface area contributed by atoms with Crippen LogP contribution in [0.3, 0.4) is 0 Å². The number of ether oxygens (including phenoxy) is 2. The molecule has 1 amide bonds. The molecular formula is C15H29NO5S. The van der Waals surface area contributed by atoms with Gasteiger partial charge in [-0.2, -0.15) is 0 Å². The average Bonchev–Trinajstić information content (AvgIpc) is 2.37. The molecule has 0 aromatic rings. The van der Waals surface area contributed by atoms with Crippen molar-refractivity contribution in [3.8, 4) is 0 Å². The molecule has 0 unspecified atom stereocenters. The predicted molar refractivity (Wildman–Crippen MR) is 85.7 cm³/mol. The van der Waals surface area contributed by atoms with Crippen molar-refractivity contribution in [1.29, 1.82) is 0 Å². The molecule has 1 aliphatic heterocycles. The van der Waals surface area contributed by atoms with E-state index in [-0.39, 0.29) is 29.8 Å². The smallest absolute Gasteiger partial charge is 0.410 e. The van der Waals surface area contributed by atoms with Crippen molar-refractivity contribution in [2.75, 3.05) is 31.2 Å². The molecule has 0 spiro atoms. The van der Waals surface area contributed by atoms with Gasteiger partial charge in [-0.1, -0.05) is 6.92 Å². The van der Waals surface area contributed by atoms with Crippen molar-refractivity contribution in [2.45, 2.75) is 58.7 Å². The Morgan fingerprint density at radius 1 is 1.23 bits per heavy atom. The first-order chi connectivity index (χ1) is 9.96. The molecule has 130 valence electrons. The second-order valence-corrected chi connectivity index (χ2v) is 9.47. The van der Waals surface area contributed by atoms with Crippen molar-refractivity contribution in [3.05, 3.63) is 0 Å². The summed E-state index contributed by atoms with van der Waals surface area (Å²) in [5, 5.41) is 0. The second-order valence-electron chi connectivity index (χ2n) is 7.00. The maximum absolute atomic E-state index is 12.0. The number of hydrogen-bond donors (Lipinski definition) is 0. The van der Waals surface area contributed by atoms with Crippen LogP contribution in [0.15, 0.2) is 0 Å². The van der Waals surface area contributed by atoms with Crippen LogP contribution in [0.1, 0.15) is 47.5 Å². The minimum atomic E-state index is -3.00. The predicted octanol–water partition coefficient (Wildman–Crippen LogP) is 2.23. The van der Waals surface area contributed by atoms with E-state index >= 15 is 0 Å². The van der Waals surface area contributed by atoms with Gasteiger partial charge in [0.1, 0.15) is 5.60 Å². The molecule has 1 saturated heterocycles. The fourth-order valence-corrected chi connectivity index (χ4v) is 2.82. The van der Waals surface area contributed by atoms with E-state index in [9.17, 15) is 13.2 Å². The van der Waals surface area contributed by atoms with Gasteiger partial charge in [0, 0.05) is 18.8 Å². The number of likely N-dealkylation sites (tertiary alicyclic amines) is 1. The number of amides is 1. The summed E-state index contributed by atoms with van der Waals surface area (Å²) < 4.78 is 34.1. The lowest BCUT2D eigenvalue weighted by atomic mass is 9.93. The molecule has 0 atom stereocenters. The molecule has 0 aromatic carbocycles. The van der Waals surface area contributed by atoms with Gasteiger partial charge in [0.15, 0.2) is 9.84 Å². The highest BCUT2D eigenvalue weighted by atomic mass is 32.2. The Kier molecular flexibility index (Phi) is 6.27. The molecule has 1 aliphatic rings. The van der Waals surface area contributed by atoms with Crippen molar-refractivity contribution in [1.82, 2.24) is 4.90 Å². The van der Waals surface area contributed by atoms with Gasteiger partial charge in [0.2, 0.25) is 0 Å². The normalized spacial score (nSPS) is 19.0. The SMILES string of the molecule is CCS(=O)(=O)CCOC1(C)CCN(C(=O)OC(C)(C)C)CC1. The Hall–Kier alpha value is -0.820. The Labute approximate surface area is 134 Å². The minimum Gasteiger partial charge on any atom is -0.444 e. The van der Waals surface area contributed by atoms with E-state index in [1.54, 1.807) is 11.8 Å². The van der Waals surface area contributed by atoms with E-state index in [0.29, 0.717) is 25.9 Å². The van der Waals surface area contributed by atoms with E-state index in [2.05, 4.69) is 0 Å². The zero-order valence-electron chi connectivity index (χ0n) is 14.3. The number of piperidine rings is 1. The second kappa shape index (κ2) is 7.17. The van der Waals surface area contributed by atoms with Crippen LogP contribution < -0.4 is 0 Å². The Bertz CT molecular complexity index is 473. The molecule has 0 aromatic heterocycles. The van der Waals surface area contributed by atoms with Gasteiger partial charge >= 0.3 is 6.09 Å². The number of carbonyl (C=O) groups is 1. The third-order valence-corrected chi connectivity index (χ3v) is 5.43. The van der Waals surface area contributed by atoms with Crippen LogP contribution in [0.5, 0.6) is 0 Å². The summed E-state index contributed by atoms with van der Waals surface area (Å²) in [4.78, 5) is 13.7. The lowest BCUT2D eigenvalue weighted by molar-refractivity contribution is -0.0669. The lowest BCUT2D eigenvalue weighted by Crippen LogP contribution is -2.48.